The summed E-state index contributed by atoms with van der Waals surface area (Å²) in [6.07, 6.45) is 1.72. The summed E-state index contributed by atoms with van der Waals surface area (Å²) >= 11 is 0. The van der Waals surface area contributed by atoms with Gasteiger partial charge in [-0.05, 0) is 6.42 Å². The van der Waals surface area contributed by atoms with Crippen LogP contribution in [0, 0.1) is 5.41 Å². The molecule has 0 aliphatic rings. The van der Waals surface area contributed by atoms with Gasteiger partial charge in [0.25, 0.3) is 0 Å². The molecule has 0 atom stereocenters. The van der Waals surface area contributed by atoms with Crippen LogP contribution in [0.5, 0.6) is 0 Å². The minimum Gasteiger partial charge on any atom is -0.388 e. The van der Waals surface area contributed by atoms with Crippen LogP contribution in [0.25, 0.3) is 0 Å². The van der Waals surface area contributed by atoms with Crippen molar-refractivity contribution in [3.63, 3.8) is 0 Å². The highest BCUT2D eigenvalue weighted by Crippen LogP contribution is 1.80. The largest absolute Gasteiger partial charge is 0.388 e. The van der Waals surface area contributed by atoms with Crippen LogP contribution in [0.15, 0.2) is 0 Å². The van der Waals surface area contributed by atoms with Gasteiger partial charge in [-0.1, -0.05) is 6.92 Å². The first-order chi connectivity index (χ1) is 2.77. The number of halogens is 2. The summed E-state index contributed by atoms with van der Waals surface area (Å²) in [4.78, 5) is 0. The first-order valence-electron chi connectivity index (χ1n) is 2.10. The zero-order valence-corrected chi connectivity index (χ0v) is 6.44. The summed E-state index contributed by atoms with van der Waals surface area (Å²) in [5, 5.41) is 6.67. The lowest BCUT2D eigenvalue weighted by atomic mass is 10.3. The standard InChI is InChI=1S/C4H10N2.2ClH/c1-2-3-4(5)6;;/h2-3H2,1H3,(H3,5,6);2*1H. The third-order valence-corrected chi connectivity index (χ3v) is 0.519. The third kappa shape index (κ3) is 16.6. The van der Waals surface area contributed by atoms with Crippen LogP contribution in [0.4, 0.5) is 0 Å². The van der Waals surface area contributed by atoms with Gasteiger partial charge in [0.1, 0.15) is 0 Å². The Labute approximate surface area is 62.2 Å². The second-order valence-electron chi connectivity index (χ2n) is 1.28. The molecular weight excluding hydrogens is 147 g/mol. The average molecular weight is 159 g/mol. The van der Waals surface area contributed by atoms with Crippen LogP contribution in [0.1, 0.15) is 19.8 Å². The van der Waals surface area contributed by atoms with E-state index in [1.165, 1.54) is 0 Å². The van der Waals surface area contributed by atoms with Crippen LogP contribution in [-0.4, -0.2) is 5.84 Å². The monoisotopic (exact) mass is 158 g/mol. The fourth-order valence-corrected chi connectivity index (χ4v) is 0.269. The lowest BCUT2D eigenvalue weighted by molar-refractivity contribution is 0.976. The maximum absolute atomic E-state index is 6.67. The first kappa shape index (κ1) is 15.7. The molecule has 0 fully saturated rings. The average Bonchev–Trinajstić information content (AvgIpc) is 1.35. The molecule has 52 valence electrons. The van der Waals surface area contributed by atoms with E-state index in [1.807, 2.05) is 6.92 Å². The van der Waals surface area contributed by atoms with Gasteiger partial charge in [-0.25, -0.2) is 0 Å². The van der Waals surface area contributed by atoms with E-state index in [9.17, 15) is 0 Å². The zero-order valence-electron chi connectivity index (χ0n) is 4.81. The Bertz CT molecular complexity index is 56.0. The lowest BCUT2D eigenvalue weighted by Crippen LogP contribution is -2.07. The van der Waals surface area contributed by atoms with Crippen LogP contribution >= 0.6 is 24.8 Å². The van der Waals surface area contributed by atoms with Gasteiger partial charge in [0.15, 0.2) is 0 Å². The van der Waals surface area contributed by atoms with E-state index in [-0.39, 0.29) is 30.6 Å². The highest BCUT2D eigenvalue weighted by Gasteiger charge is 1.79. The smallest absolute Gasteiger partial charge is 0.0905 e. The number of rotatable bonds is 2. The minimum atomic E-state index is 0. The van der Waals surface area contributed by atoms with Crippen LogP contribution in [0.3, 0.4) is 0 Å². The van der Waals surface area contributed by atoms with Crippen molar-refractivity contribution in [1.82, 2.24) is 0 Å². The third-order valence-electron chi connectivity index (χ3n) is 0.519. The molecule has 0 rings (SSSR count). The Hall–Kier alpha value is 0.0500. The van der Waals surface area contributed by atoms with Crippen molar-refractivity contribution in [2.75, 3.05) is 0 Å². The molecule has 0 aromatic heterocycles. The molecule has 0 saturated heterocycles. The molecule has 0 aromatic rings. The molecule has 0 radical (unpaired) electrons. The van der Waals surface area contributed by atoms with Crippen molar-refractivity contribution in [2.24, 2.45) is 5.73 Å². The molecule has 0 heterocycles. The molecule has 0 aliphatic carbocycles. The molecule has 0 amide bonds. The van der Waals surface area contributed by atoms with E-state index in [4.69, 9.17) is 11.1 Å². The van der Waals surface area contributed by atoms with Gasteiger partial charge in [0.05, 0.1) is 5.84 Å². The van der Waals surface area contributed by atoms with E-state index in [1.54, 1.807) is 0 Å². The van der Waals surface area contributed by atoms with E-state index < -0.39 is 0 Å². The van der Waals surface area contributed by atoms with E-state index in [2.05, 4.69) is 0 Å². The molecular formula is C4H12Cl2N2. The van der Waals surface area contributed by atoms with Gasteiger partial charge in [0.2, 0.25) is 0 Å². The molecule has 3 N–H and O–H groups in total. The fraction of sp³-hybridized carbons (Fsp3) is 0.750. The highest BCUT2D eigenvalue weighted by molar-refractivity contribution is 5.85. The minimum absolute atomic E-state index is 0. The second-order valence-corrected chi connectivity index (χ2v) is 1.28. The van der Waals surface area contributed by atoms with Crippen molar-refractivity contribution >= 4 is 30.6 Å². The van der Waals surface area contributed by atoms with Crippen LogP contribution < -0.4 is 5.73 Å². The van der Waals surface area contributed by atoms with Gasteiger partial charge in [0, 0.05) is 6.42 Å². The summed E-state index contributed by atoms with van der Waals surface area (Å²) in [6, 6.07) is 0. The van der Waals surface area contributed by atoms with Gasteiger partial charge >= 0.3 is 0 Å². The van der Waals surface area contributed by atoms with Crippen molar-refractivity contribution in [2.45, 2.75) is 19.8 Å². The van der Waals surface area contributed by atoms with Gasteiger partial charge in [-0.3, -0.25) is 5.41 Å². The predicted octanol–water partition coefficient (Wildman–Crippen LogP) is 1.57. The van der Waals surface area contributed by atoms with Crippen molar-refractivity contribution in [3.05, 3.63) is 0 Å². The second kappa shape index (κ2) is 10.1. The number of amidine groups is 1. The maximum atomic E-state index is 6.67. The Kier molecular flexibility index (Phi) is 19.8. The van der Waals surface area contributed by atoms with Crippen LogP contribution in [0.2, 0.25) is 0 Å². The van der Waals surface area contributed by atoms with Crippen molar-refractivity contribution < 1.29 is 0 Å². The van der Waals surface area contributed by atoms with Crippen LogP contribution in [-0.2, 0) is 0 Å². The fourth-order valence-electron chi connectivity index (χ4n) is 0.269. The molecule has 4 heteroatoms. The Balaban J connectivity index is -0.000000125. The SMILES string of the molecule is CCCC(=N)N.Cl.Cl. The number of hydrogen-bond acceptors (Lipinski definition) is 1. The molecule has 0 unspecified atom stereocenters. The normalized spacial score (nSPS) is 6.12. The summed E-state index contributed by atoms with van der Waals surface area (Å²) in [6.45, 7) is 2.00. The maximum Gasteiger partial charge on any atom is 0.0905 e. The molecule has 8 heavy (non-hydrogen) atoms. The Morgan fingerprint density at radius 3 is 1.88 bits per heavy atom. The molecule has 0 aliphatic heterocycles. The molecule has 0 saturated carbocycles. The van der Waals surface area contributed by atoms with Crippen molar-refractivity contribution in [1.29, 1.82) is 5.41 Å². The topological polar surface area (TPSA) is 49.9 Å². The molecule has 0 bridgehead atoms. The quantitative estimate of drug-likeness (QED) is 0.466. The zero-order chi connectivity index (χ0) is 4.99. The number of nitrogens with two attached hydrogens (primary N) is 1. The summed E-state index contributed by atoms with van der Waals surface area (Å²) in [5.74, 6) is 0.289. The summed E-state index contributed by atoms with van der Waals surface area (Å²) in [7, 11) is 0. The molecule has 0 aromatic carbocycles. The summed E-state index contributed by atoms with van der Waals surface area (Å²) < 4.78 is 0. The van der Waals surface area contributed by atoms with E-state index >= 15 is 0 Å². The predicted molar refractivity (Wildman–Crippen MR) is 41.3 cm³/mol. The van der Waals surface area contributed by atoms with E-state index in [0.717, 1.165) is 12.8 Å². The van der Waals surface area contributed by atoms with E-state index in [0.29, 0.717) is 0 Å². The molecule has 0 spiro atoms. The van der Waals surface area contributed by atoms with Gasteiger partial charge < -0.3 is 5.73 Å². The lowest BCUT2D eigenvalue weighted by Gasteiger charge is -1.85. The van der Waals surface area contributed by atoms with Gasteiger partial charge in [-0.15, -0.1) is 24.8 Å². The number of hydrogen-bond donors (Lipinski definition) is 2. The van der Waals surface area contributed by atoms with Crippen molar-refractivity contribution in [3.8, 4) is 0 Å². The summed E-state index contributed by atoms with van der Waals surface area (Å²) in [5.41, 5.74) is 4.99. The first-order valence-corrected chi connectivity index (χ1v) is 2.10. The van der Waals surface area contributed by atoms with Gasteiger partial charge in [-0.2, -0.15) is 0 Å². The molecule has 2 nitrogen and oxygen atoms in total. The number of nitrogens with one attached hydrogen (secondary N) is 1. The Morgan fingerprint density at radius 1 is 1.50 bits per heavy atom. The Morgan fingerprint density at radius 2 is 1.88 bits per heavy atom. The highest BCUT2D eigenvalue weighted by atomic mass is 35.5.